The number of rotatable bonds is 4. The van der Waals surface area contributed by atoms with Crippen molar-refractivity contribution in [1.29, 1.82) is 0 Å². The molecule has 104 valence electrons. The summed E-state index contributed by atoms with van der Waals surface area (Å²) in [7, 11) is -0.244. The predicted octanol–water partition coefficient (Wildman–Crippen LogP) is 2.18. The highest BCUT2D eigenvalue weighted by atomic mass is 32.2. The lowest BCUT2D eigenvalue weighted by molar-refractivity contribution is 0.476. The SMILES string of the molecule is CC(C)=C[C@H]1[C@@H](c2ccccc2)N1S(=O)(=O)N(C)C. The molecule has 1 saturated heterocycles. The first-order valence-corrected chi connectivity index (χ1v) is 7.66. The smallest absolute Gasteiger partial charge is 0.195 e. The van der Waals surface area contributed by atoms with E-state index in [1.807, 2.05) is 50.3 Å². The summed E-state index contributed by atoms with van der Waals surface area (Å²) in [6.07, 6.45) is 2.01. The molecular weight excluding hydrogens is 260 g/mol. The van der Waals surface area contributed by atoms with E-state index in [9.17, 15) is 8.42 Å². The molecule has 1 heterocycles. The zero-order chi connectivity index (χ0) is 14.2. The monoisotopic (exact) mass is 280 g/mol. The van der Waals surface area contributed by atoms with Gasteiger partial charge in [-0.2, -0.15) is 17.0 Å². The Morgan fingerprint density at radius 2 is 1.79 bits per heavy atom. The van der Waals surface area contributed by atoms with Crippen molar-refractivity contribution in [1.82, 2.24) is 8.61 Å². The van der Waals surface area contributed by atoms with Gasteiger partial charge in [-0.1, -0.05) is 42.0 Å². The average molecular weight is 280 g/mol. The molecule has 3 atom stereocenters. The van der Waals surface area contributed by atoms with Gasteiger partial charge in [-0.15, -0.1) is 0 Å². The molecule has 19 heavy (non-hydrogen) atoms. The number of hydrogen-bond acceptors (Lipinski definition) is 2. The molecule has 1 aliphatic heterocycles. The van der Waals surface area contributed by atoms with E-state index in [0.717, 1.165) is 11.1 Å². The lowest BCUT2D eigenvalue weighted by atomic mass is 10.1. The Hall–Kier alpha value is -1.17. The summed E-state index contributed by atoms with van der Waals surface area (Å²) in [4.78, 5) is 0. The van der Waals surface area contributed by atoms with Crippen molar-refractivity contribution in [2.24, 2.45) is 0 Å². The minimum atomic E-state index is -3.37. The molecule has 0 aromatic heterocycles. The Morgan fingerprint density at radius 1 is 1.21 bits per heavy atom. The Kier molecular flexibility index (Phi) is 3.80. The van der Waals surface area contributed by atoms with Crippen LogP contribution in [-0.4, -0.2) is 37.2 Å². The number of hydrogen-bond donors (Lipinski definition) is 0. The van der Waals surface area contributed by atoms with Crippen LogP contribution < -0.4 is 0 Å². The molecule has 1 aromatic rings. The summed E-state index contributed by atoms with van der Waals surface area (Å²) in [5.41, 5.74) is 2.16. The van der Waals surface area contributed by atoms with Crippen molar-refractivity contribution in [3.8, 4) is 0 Å². The normalized spacial score (nSPS) is 26.3. The second-order valence-electron chi connectivity index (χ2n) is 5.21. The quantitative estimate of drug-likeness (QED) is 0.626. The third-order valence-corrected chi connectivity index (χ3v) is 5.10. The fourth-order valence-corrected chi connectivity index (χ4v) is 3.55. The molecule has 2 rings (SSSR count). The summed E-state index contributed by atoms with van der Waals surface area (Å²) in [5, 5.41) is 0. The molecule has 0 radical (unpaired) electrons. The Labute approximate surface area is 115 Å². The van der Waals surface area contributed by atoms with Crippen molar-refractivity contribution in [2.45, 2.75) is 25.9 Å². The van der Waals surface area contributed by atoms with Gasteiger partial charge in [-0.25, -0.2) is 0 Å². The van der Waals surface area contributed by atoms with Crippen LogP contribution in [0.15, 0.2) is 42.0 Å². The van der Waals surface area contributed by atoms with Gasteiger partial charge in [-0.3, -0.25) is 0 Å². The summed E-state index contributed by atoms with van der Waals surface area (Å²) in [6, 6.07) is 9.61. The highest BCUT2D eigenvalue weighted by molar-refractivity contribution is 7.87. The second-order valence-corrected chi connectivity index (χ2v) is 7.26. The molecule has 4 nitrogen and oxygen atoms in total. The van der Waals surface area contributed by atoms with E-state index >= 15 is 0 Å². The van der Waals surface area contributed by atoms with E-state index in [4.69, 9.17) is 0 Å². The lowest BCUT2D eigenvalue weighted by Crippen LogP contribution is -2.29. The molecule has 1 aromatic carbocycles. The lowest BCUT2D eigenvalue weighted by Gasteiger charge is -2.12. The molecule has 0 spiro atoms. The van der Waals surface area contributed by atoms with Crippen LogP contribution in [0.4, 0.5) is 0 Å². The van der Waals surface area contributed by atoms with Crippen molar-refractivity contribution in [3.63, 3.8) is 0 Å². The van der Waals surface area contributed by atoms with Crippen LogP contribution in [0.3, 0.4) is 0 Å². The van der Waals surface area contributed by atoms with Crippen LogP contribution in [0.5, 0.6) is 0 Å². The second kappa shape index (κ2) is 5.07. The van der Waals surface area contributed by atoms with E-state index < -0.39 is 10.2 Å². The third-order valence-electron chi connectivity index (χ3n) is 3.17. The van der Waals surface area contributed by atoms with Crippen LogP contribution in [-0.2, 0) is 10.2 Å². The van der Waals surface area contributed by atoms with E-state index in [0.29, 0.717) is 0 Å². The molecule has 1 fully saturated rings. The molecule has 0 amide bonds. The highest BCUT2D eigenvalue weighted by Crippen LogP contribution is 2.47. The highest BCUT2D eigenvalue weighted by Gasteiger charge is 2.55. The zero-order valence-electron chi connectivity index (χ0n) is 11.7. The van der Waals surface area contributed by atoms with Crippen molar-refractivity contribution >= 4 is 10.2 Å². The summed E-state index contributed by atoms with van der Waals surface area (Å²) >= 11 is 0. The maximum absolute atomic E-state index is 12.3. The first-order chi connectivity index (χ1) is 8.85. The fraction of sp³-hybridized carbons (Fsp3) is 0.429. The van der Waals surface area contributed by atoms with Crippen LogP contribution >= 0.6 is 0 Å². The molecular formula is C14H20N2O2S. The predicted molar refractivity (Wildman–Crippen MR) is 76.8 cm³/mol. The average Bonchev–Trinajstić information content (AvgIpc) is 3.03. The standard InChI is InChI=1S/C14H20N2O2S/c1-11(2)10-13-14(12-8-6-5-7-9-12)16(13)19(17,18)15(3)4/h5-10,13-14H,1-4H3/t13-,14+,16?/m0/s1. The van der Waals surface area contributed by atoms with Gasteiger partial charge in [0.25, 0.3) is 10.2 Å². The van der Waals surface area contributed by atoms with Gasteiger partial charge in [0.1, 0.15) is 0 Å². The molecule has 1 unspecified atom stereocenters. The molecule has 0 aliphatic carbocycles. The van der Waals surface area contributed by atoms with Gasteiger partial charge in [0.05, 0.1) is 12.1 Å². The van der Waals surface area contributed by atoms with E-state index in [2.05, 4.69) is 0 Å². The summed E-state index contributed by atoms with van der Waals surface area (Å²) < 4.78 is 27.4. The maximum Gasteiger partial charge on any atom is 0.282 e. The van der Waals surface area contributed by atoms with Crippen LogP contribution in [0.1, 0.15) is 25.5 Å². The Balaban J connectivity index is 2.36. The Bertz CT molecular complexity index is 575. The molecule has 1 aliphatic rings. The Morgan fingerprint density at radius 3 is 2.26 bits per heavy atom. The summed E-state index contributed by atoms with van der Waals surface area (Å²) in [6.45, 7) is 3.97. The number of nitrogens with zero attached hydrogens (tertiary/aromatic N) is 2. The largest absolute Gasteiger partial charge is 0.282 e. The van der Waals surface area contributed by atoms with Crippen molar-refractivity contribution in [2.75, 3.05) is 14.1 Å². The minimum absolute atomic E-state index is 0.0696. The minimum Gasteiger partial charge on any atom is -0.195 e. The van der Waals surface area contributed by atoms with Crippen LogP contribution in [0.2, 0.25) is 0 Å². The van der Waals surface area contributed by atoms with E-state index in [-0.39, 0.29) is 12.1 Å². The maximum atomic E-state index is 12.3. The topological polar surface area (TPSA) is 40.4 Å². The number of benzene rings is 1. The zero-order valence-corrected chi connectivity index (χ0v) is 12.6. The van der Waals surface area contributed by atoms with Crippen LogP contribution in [0.25, 0.3) is 0 Å². The van der Waals surface area contributed by atoms with Gasteiger partial charge < -0.3 is 0 Å². The first-order valence-electron chi connectivity index (χ1n) is 6.26. The number of allylic oxidation sites excluding steroid dienone is 1. The van der Waals surface area contributed by atoms with Gasteiger partial charge in [0, 0.05) is 14.1 Å². The molecule has 0 saturated carbocycles. The van der Waals surface area contributed by atoms with Crippen molar-refractivity contribution < 1.29 is 8.42 Å². The summed E-state index contributed by atoms with van der Waals surface area (Å²) in [5.74, 6) is 0. The van der Waals surface area contributed by atoms with E-state index in [1.54, 1.807) is 18.4 Å². The molecule has 0 bridgehead atoms. The van der Waals surface area contributed by atoms with Crippen molar-refractivity contribution in [3.05, 3.63) is 47.5 Å². The van der Waals surface area contributed by atoms with Gasteiger partial charge >= 0.3 is 0 Å². The fourth-order valence-electron chi connectivity index (χ4n) is 2.21. The third kappa shape index (κ3) is 2.73. The molecule has 5 heteroatoms. The van der Waals surface area contributed by atoms with Crippen LogP contribution in [0, 0.1) is 0 Å². The first kappa shape index (κ1) is 14.2. The van der Waals surface area contributed by atoms with Gasteiger partial charge in [0.2, 0.25) is 0 Å². The molecule has 0 N–H and O–H groups in total. The van der Waals surface area contributed by atoms with Gasteiger partial charge in [-0.05, 0) is 19.4 Å². The van der Waals surface area contributed by atoms with Gasteiger partial charge in [0.15, 0.2) is 0 Å². The van der Waals surface area contributed by atoms with E-state index in [1.165, 1.54) is 4.31 Å².